The van der Waals surface area contributed by atoms with Gasteiger partial charge in [-0.2, -0.15) is 0 Å². The first-order chi connectivity index (χ1) is 11.4. The highest BCUT2D eigenvalue weighted by Crippen LogP contribution is 2.37. The van der Waals surface area contributed by atoms with Crippen LogP contribution in [0.4, 0.5) is 0 Å². The Hall–Kier alpha value is -1.64. The van der Waals surface area contributed by atoms with E-state index in [1.165, 1.54) is 10.4 Å². The predicted molar refractivity (Wildman–Crippen MR) is 108 cm³/mol. The molecule has 2 aromatic carbocycles. The lowest BCUT2D eigenvalue weighted by Gasteiger charge is -2.43. The average Bonchev–Trinajstić information content (AvgIpc) is 2.56. The summed E-state index contributed by atoms with van der Waals surface area (Å²) in [5.74, 6) is 0.476. The van der Waals surface area contributed by atoms with Crippen molar-refractivity contribution in [2.75, 3.05) is 6.61 Å². The Morgan fingerprint density at radius 2 is 1.42 bits per heavy atom. The summed E-state index contributed by atoms with van der Waals surface area (Å²) < 4.78 is 6.87. The third-order valence-electron chi connectivity index (χ3n) is 4.57. The van der Waals surface area contributed by atoms with Crippen LogP contribution in [-0.2, 0) is 4.43 Å². The van der Waals surface area contributed by atoms with Gasteiger partial charge in [-0.15, -0.1) is 6.58 Å². The van der Waals surface area contributed by atoms with E-state index in [0.29, 0.717) is 5.92 Å². The molecule has 0 N–H and O–H groups in total. The molecule has 2 aromatic rings. The van der Waals surface area contributed by atoms with Crippen LogP contribution in [0.1, 0.15) is 34.1 Å². The fraction of sp³-hybridized carbons (Fsp3) is 0.364. The van der Waals surface area contributed by atoms with Gasteiger partial charge in [0.05, 0.1) is 0 Å². The van der Waals surface area contributed by atoms with Crippen LogP contribution in [0.3, 0.4) is 0 Å². The SMILES string of the molecule is C=CC[C@H](C)CO[Si](c1ccccc1)(c1ccccc1)C(C)(C)C. The monoisotopic (exact) mass is 338 g/mol. The zero-order chi connectivity index (χ0) is 17.6. The van der Waals surface area contributed by atoms with Gasteiger partial charge in [0.25, 0.3) is 8.32 Å². The molecule has 0 aliphatic heterocycles. The smallest absolute Gasteiger partial charge is 0.261 e. The van der Waals surface area contributed by atoms with E-state index < -0.39 is 8.32 Å². The summed E-state index contributed by atoms with van der Waals surface area (Å²) in [6.45, 7) is 13.8. The fourth-order valence-electron chi connectivity index (χ4n) is 3.38. The number of hydrogen-bond acceptors (Lipinski definition) is 1. The molecule has 2 rings (SSSR count). The summed E-state index contributed by atoms with van der Waals surface area (Å²) in [6.07, 6.45) is 2.97. The molecular weight excluding hydrogens is 308 g/mol. The van der Waals surface area contributed by atoms with E-state index in [-0.39, 0.29) is 5.04 Å². The van der Waals surface area contributed by atoms with Crippen molar-refractivity contribution < 1.29 is 4.43 Å². The molecule has 128 valence electrons. The van der Waals surface area contributed by atoms with Crippen LogP contribution < -0.4 is 10.4 Å². The van der Waals surface area contributed by atoms with Gasteiger partial charge in [-0.3, -0.25) is 0 Å². The summed E-state index contributed by atoms with van der Waals surface area (Å²) >= 11 is 0. The maximum atomic E-state index is 6.87. The van der Waals surface area contributed by atoms with Crippen LogP contribution in [0, 0.1) is 5.92 Å². The molecule has 0 radical (unpaired) electrons. The van der Waals surface area contributed by atoms with Crippen LogP contribution in [0.25, 0.3) is 0 Å². The second-order valence-electron chi connectivity index (χ2n) is 7.60. The number of rotatable bonds is 7. The first kappa shape index (κ1) is 18.7. The molecule has 0 aromatic heterocycles. The highest BCUT2D eigenvalue weighted by molar-refractivity contribution is 6.99. The van der Waals surface area contributed by atoms with Crippen LogP contribution in [0.15, 0.2) is 73.3 Å². The van der Waals surface area contributed by atoms with Crippen LogP contribution in [0.5, 0.6) is 0 Å². The van der Waals surface area contributed by atoms with Gasteiger partial charge in [0.15, 0.2) is 0 Å². The van der Waals surface area contributed by atoms with E-state index in [0.717, 1.165) is 13.0 Å². The van der Waals surface area contributed by atoms with Crippen LogP contribution in [-0.4, -0.2) is 14.9 Å². The fourth-order valence-corrected chi connectivity index (χ4v) is 8.07. The second-order valence-corrected chi connectivity index (χ2v) is 11.9. The minimum absolute atomic E-state index is 0.0452. The van der Waals surface area contributed by atoms with Crippen molar-refractivity contribution in [3.8, 4) is 0 Å². The summed E-state index contributed by atoms with van der Waals surface area (Å²) in [7, 11) is -2.38. The summed E-state index contributed by atoms with van der Waals surface area (Å²) in [4.78, 5) is 0. The maximum Gasteiger partial charge on any atom is 0.261 e. The normalized spacial score (nSPS) is 13.5. The molecule has 0 bridgehead atoms. The lowest BCUT2D eigenvalue weighted by Crippen LogP contribution is -2.66. The van der Waals surface area contributed by atoms with Gasteiger partial charge in [-0.1, -0.05) is 94.4 Å². The van der Waals surface area contributed by atoms with Crippen molar-refractivity contribution in [2.24, 2.45) is 5.92 Å². The van der Waals surface area contributed by atoms with E-state index >= 15 is 0 Å². The van der Waals surface area contributed by atoms with Gasteiger partial charge in [-0.25, -0.2) is 0 Å². The summed E-state index contributed by atoms with van der Waals surface area (Å²) in [6, 6.07) is 21.6. The van der Waals surface area contributed by atoms with E-state index in [1.807, 2.05) is 6.08 Å². The first-order valence-electron chi connectivity index (χ1n) is 8.77. The molecule has 0 fully saturated rings. The van der Waals surface area contributed by atoms with Crippen LogP contribution in [0.2, 0.25) is 5.04 Å². The molecule has 1 nitrogen and oxygen atoms in total. The maximum absolute atomic E-state index is 6.87. The Bertz CT molecular complexity index is 589. The first-order valence-corrected chi connectivity index (χ1v) is 10.7. The Kier molecular flexibility index (Phi) is 6.19. The topological polar surface area (TPSA) is 9.23 Å². The minimum Gasteiger partial charge on any atom is -0.407 e. The summed E-state index contributed by atoms with van der Waals surface area (Å²) in [5.41, 5.74) is 0. The average molecular weight is 339 g/mol. The van der Waals surface area contributed by atoms with E-state index in [1.54, 1.807) is 0 Å². The minimum atomic E-state index is -2.38. The lowest BCUT2D eigenvalue weighted by atomic mass is 10.1. The zero-order valence-electron chi connectivity index (χ0n) is 15.5. The molecule has 2 heteroatoms. The summed E-state index contributed by atoms with van der Waals surface area (Å²) in [5, 5.41) is 2.73. The highest BCUT2D eigenvalue weighted by atomic mass is 28.4. The Labute approximate surface area is 148 Å². The molecule has 0 unspecified atom stereocenters. The molecular formula is C22H30OSi. The molecule has 0 aliphatic rings. The van der Waals surface area contributed by atoms with Gasteiger partial charge < -0.3 is 4.43 Å². The van der Waals surface area contributed by atoms with Gasteiger partial charge in [0.2, 0.25) is 0 Å². The van der Waals surface area contributed by atoms with Crippen molar-refractivity contribution >= 4 is 18.7 Å². The third kappa shape index (κ3) is 3.88. The quantitative estimate of drug-likeness (QED) is 0.522. The van der Waals surface area contributed by atoms with Gasteiger partial charge in [0.1, 0.15) is 0 Å². The molecule has 0 saturated heterocycles. The highest BCUT2D eigenvalue weighted by Gasteiger charge is 2.50. The van der Waals surface area contributed by atoms with Crippen molar-refractivity contribution in [1.82, 2.24) is 0 Å². The lowest BCUT2D eigenvalue weighted by molar-refractivity contribution is 0.246. The molecule has 0 amide bonds. The van der Waals surface area contributed by atoms with Gasteiger partial charge in [-0.05, 0) is 27.8 Å². The largest absolute Gasteiger partial charge is 0.407 e. The molecule has 24 heavy (non-hydrogen) atoms. The molecule has 1 atom stereocenters. The molecule has 0 saturated carbocycles. The van der Waals surface area contributed by atoms with E-state index in [4.69, 9.17) is 4.43 Å². The Balaban J connectivity index is 2.55. The molecule has 0 spiro atoms. The van der Waals surface area contributed by atoms with Crippen molar-refractivity contribution in [1.29, 1.82) is 0 Å². The van der Waals surface area contributed by atoms with Crippen LogP contribution >= 0.6 is 0 Å². The number of allylic oxidation sites excluding steroid dienone is 1. The Morgan fingerprint density at radius 3 is 1.79 bits per heavy atom. The van der Waals surface area contributed by atoms with Gasteiger partial charge >= 0.3 is 0 Å². The van der Waals surface area contributed by atoms with E-state index in [9.17, 15) is 0 Å². The van der Waals surface area contributed by atoms with E-state index in [2.05, 4.69) is 94.9 Å². The van der Waals surface area contributed by atoms with Crippen molar-refractivity contribution in [2.45, 2.75) is 39.2 Å². The van der Waals surface area contributed by atoms with Crippen molar-refractivity contribution in [3.05, 3.63) is 73.3 Å². The third-order valence-corrected chi connectivity index (χ3v) is 9.58. The molecule has 0 heterocycles. The number of hydrogen-bond donors (Lipinski definition) is 0. The molecule has 0 aliphatic carbocycles. The Morgan fingerprint density at radius 1 is 0.958 bits per heavy atom. The number of benzene rings is 2. The zero-order valence-corrected chi connectivity index (χ0v) is 16.5. The van der Waals surface area contributed by atoms with Crippen molar-refractivity contribution in [3.63, 3.8) is 0 Å². The van der Waals surface area contributed by atoms with Gasteiger partial charge in [0, 0.05) is 6.61 Å². The standard InChI is InChI=1S/C22H30OSi/c1-6-13-19(2)18-23-24(22(3,4)5,20-14-9-7-10-15-20)21-16-11-8-12-17-21/h6-12,14-17,19H,1,13,18H2,2-5H3/t19-/m0/s1. The second kappa shape index (κ2) is 7.95. The predicted octanol–water partition coefficient (Wildman–Crippen LogP) is 4.78.